The van der Waals surface area contributed by atoms with Crippen LogP contribution in [0.3, 0.4) is 0 Å². The molecule has 19 aromatic rings. The minimum Gasteiger partial charge on any atom is -0.456 e. The highest BCUT2D eigenvalue weighted by molar-refractivity contribution is 6.31. The Balaban J connectivity index is 0.000000104. The molecule has 0 aliphatic heterocycles. The Morgan fingerprint density at radius 3 is 1.16 bits per heavy atom. The molecule has 5 heteroatoms. The Kier molecular flexibility index (Phi) is 12.5. The van der Waals surface area contributed by atoms with Gasteiger partial charge in [0, 0.05) is 75.9 Å². The maximum atomic E-state index is 6.27. The van der Waals surface area contributed by atoms with Gasteiger partial charge in [0.05, 0.1) is 22.6 Å². The normalized spacial score (nSPS) is 11.6. The molecule has 0 unspecified atom stereocenters. The zero-order valence-electron chi connectivity index (χ0n) is 48.1. The first-order valence-electron chi connectivity index (χ1n) is 30.1. The summed E-state index contributed by atoms with van der Waals surface area (Å²) in [5, 5.41) is 17.8. The van der Waals surface area contributed by atoms with E-state index < -0.39 is 0 Å². The Morgan fingerprint density at radius 1 is 0.191 bits per heavy atom. The van der Waals surface area contributed by atoms with Crippen LogP contribution in [0.5, 0.6) is 0 Å². The van der Waals surface area contributed by atoms with E-state index in [0.29, 0.717) is 0 Å². The molecule has 0 aliphatic rings. The number of hydrogen-bond acceptors (Lipinski definition) is 5. The first-order chi connectivity index (χ1) is 44.2. The number of hydrogen-bond donors (Lipinski definition) is 0. The van der Waals surface area contributed by atoms with Gasteiger partial charge in [-0.3, -0.25) is 0 Å². The minimum absolute atomic E-state index is 0.905. The van der Waals surface area contributed by atoms with E-state index in [2.05, 4.69) is 261 Å². The molecule has 0 radical (unpaired) electrons. The topological polar surface area (TPSA) is 65.2 Å². The van der Waals surface area contributed by atoms with E-state index in [9.17, 15) is 0 Å². The third-order valence-electron chi connectivity index (χ3n) is 17.4. The molecule has 89 heavy (non-hydrogen) atoms. The first-order valence-corrected chi connectivity index (χ1v) is 30.1. The summed E-state index contributed by atoms with van der Waals surface area (Å²) in [6.07, 6.45) is 0. The first kappa shape index (κ1) is 51.5. The Bertz CT molecular complexity index is 5900. The zero-order chi connectivity index (χ0) is 58.8. The SMILES string of the molecule is c1ccc(-c2cc3c(ccc4oc5ccccc5c43)c(-c3ccccc3)n2)cc1.c1ccc(-c2cccc3c2cc(-c2ccccc2)c2ccc4oc5ccccc5c4c23)cc1.c1ccc(-c2nc3ccccc3c3c2ccc2oc4ccccc4c23)cc1. The maximum Gasteiger partial charge on any atom is 0.136 e. The molecule has 5 aromatic heterocycles. The fourth-order valence-electron chi connectivity index (χ4n) is 13.4. The lowest BCUT2D eigenvalue weighted by atomic mass is 9.88. The van der Waals surface area contributed by atoms with Crippen LogP contribution in [0.15, 0.2) is 329 Å². The molecule has 0 amide bonds. The van der Waals surface area contributed by atoms with Gasteiger partial charge < -0.3 is 13.3 Å². The Hall–Kier alpha value is -11.9. The van der Waals surface area contributed by atoms with E-state index in [0.717, 1.165) is 110 Å². The van der Waals surface area contributed by atoms with Crippen molar-refractivity contribution in [2.45, 2.75) is 0 Å². The predicted molar refractivity (Wildman–Crippen MR) is 371 cm³/mol. The monoisotopic (exact) mass is 1140 g/mol. The van der Waals surface area contributed by atoms with Gasteiger partial charge >= 0.3 is 0 Å². The Labute approximate surface area is 511 Å². The van der Waals surface area contributed by atoms with Gasteiger partial charge in [0.15, 0.2) is 0 Å². The Morgan fingerprint density at radius 2 is 0.596 bits per heavy atom. The van der Waals surface area contributed by atoms with E-state index in [4.69, 9.17) is 23.2 Å². The summed E-state index contributed by atoms with van der Waals surface area (Å²) in [6, 6.07) is 110. The van der Waals surface area contributed by atoms with E-state index in [1.165, 1.54) is 65.3 Å². The van der Waals surface area contributed by atoms with E-state index in [-0.39, 0.29) is 0 Å². The highest BCUT2D eigenvalue weighted by atomic mass is 16.3. The summed E-state index contributed by atoms with van der Waals surface area (Å²) < 4.78 is 18.5. The van der Waals surface area contributed by atoms with E-state index in [1.807, 2.05) is 54.6 Å². The summed E-state index contributed by atoms with van der Waals surface area (Å²) in [5.74, 6) is 0. The van der Waals surface area contributed by atoms with Crippen molar-refractivity contribution in [3.63, 3.8) is 0 Å². The van der Waals surface area contributed by atoms with Gasteiger partial charge in [-0.1, -0.05) is 243 Å². The van der Waals surface area contributed by atoms with Crippen LogP contribution in [0.25, 0.3) is 176 Å². The van der Waals surface area contributed by atoms with Crippen molar-refractivity contribution in [1.29, 1.82) is 0 Å². The van der Waals surface area contributed by atoms with Gasteiger partial charge in [-0.05, 0) is 117 Å². The maximum absolute atomic E-state index is 6.27. The van der Waals surface area contributed by atoms with Gasteiger partial charge in [-0.15, -0.1) is 0 Å². The standard InChI is InChI=1S/C32H20O.C27H17NO.C25H15NO/c1-3-10-21(11-4-1)23-15-9-16-24-28(23)20-27(22-12-5-2-6-13-22)25-18-19-30-32(31(24)25)26-14-7-8-17-29(26)33-30;1-3-9-18(10-4-1)23-17-22-20(27(28-23)19-11-5-2-6-12-19)15-16-25-26(22)21-13-7-8-14-24(21)29-25;1-2-8-16(9-3-1)25-19-14-15-22-24(18-11-5-7-13-21(18)27-22)23(19)17-10-4-6-12-20(17)26-25/h1-20H;1-17H;1-15H. The molecule has 0 fully saturated rings. The van der Waals surface area contributed by atoms with Crippen molar-refractivity contribution in [1.82, 2.24) is 9.97 Å². The van der Waals surface area contributed by atoms with Gasteiger partial charge in [0.2, 0.25) is 0 Å². The minimum atomic E-state index is 0.905. The van der Waals surface area contributed by atoms with Crippen LogP contribution in [0.1, 0.15) is 0 Å². The number of nitrogens with zero attached hydrogens (tertiary/aromatic N) is 2. The summed E-state index contributed by atoms with van der Waals surface area (Å²) in [5.41, 5.74) is 17.8. The van der Waals surface area contributed by atoms with Crippen molar-refractivity contribution < 1.29 is 13.3 Å². The highest BCUT2D eigenvalue weighted by Gasteiger charge is 2.21. The number of aromatic nitrogens is 2. The van der Waals surface area contributed by atoms with Crippen LogP contribution >= 0.6 is 0 Å². The molecule has 0 saturated carbocycles. The molecule has 0 spiro atoms. The third kappa shape index (κ3) is 8.86. The second kappa shape index (κ2) is 21.5. The fraction of sp³-hybridized carbons (Fsp3) is 0. The van der Waals surface area contributed by atoms with Crippen LogP contribution in [-0.4, -0.2) is 9.97 Å². The molecule has 0 N–H and O–H groups in total. The largest absolute Gasteiger partial charge is 0.456 e. The summed E-state index contributed by atoms with van der Waals surface area (Å²) in [4.78, 5) is 10.1. The van der Waals surface area contributed by atoms with Crippen LogP contribution in [0.4, 0.5) is 0 Å². The lowest BCUT2D eigenvalue weighted by molar-refractivity contribution is 0.669. The number of para-hydroxylation sites is 4. The quantitative estimate of drug-likeness (QED) is 0.161. The van der Waals surface area contributed by atoms with E-state index in [1.54, 1.807) is 0 Å². The van der Waals surface area contributed by atoms with Crippen molar-refractivity contribution in [3.05, 3.63) is 315 Å². The number of benzene rings is 14. The third-order valence-corrected chi connectivity index (χ3v) is 17.4. The van der Waals surface area contributed by atoms with Crippen molar-refractivity contribution in [2.24, 2.45) is 0 Å². The molecular formula is C84H52N2O3. The smallest absolute Gasteiger partial charge is 0.136 e. The lowest BCUT2D eigenvalue weighted by Crippen LogP contribution is -1.91. The second-order valence-electron chi connectivity index (χ2n) is 22.5. The average molecular weight is 1140 g/mol. The predicted octanol–water partition coefficient (Wildman–Crippen LogP) is 23.6. The van der Waals surface area contributed by atoms with Crippen molar-refractivity contribution in [3.8, 4) is 56.0 Å². The molecule has 14 aromatic carbocycles. The van der Waals surface area contributed by atoms with Gasteiger partial charge in [-0.25, -0.2) is 9.97 Å². The zero-order valence-corrected chi connectivity index (χ0v) is 48.1. The molecule has 5 nitrogen and oxygen atoms in total. The van der Waals surface area contributed by atoms with Gasteiger partial charge in [0.1, 0.15) is 33.5 Å². The number of rotatable bonds is 5. The molecule has 5 heterocycles. The molecule has 0 atom stereocenters. The van der Waals surface area contributed by atoms with E-state index >= 15 is 0 Å². The lowest BCUT2D eigenvalue weighted by Gasteiger charge is -2.15. The van der Waals surface area contributed by atoms with Gasteiger partial charge in [0.25, 0.3) is 0 Å². The molecular weight excluding hydrogens is 1080 g/mol. The number of fused-ring (bicyclic) bond motifs is 19. The fourth-order valence-corrected chi connectivity index (χ4v) is 13.4. The van der Waals surface area contributed by atoms with Crippen LogP contribution in [-0.2, 0) is 0 Å². The highest BCUT2D eigenvalue weighted by Crippen LogP contribution is 2.46. The van der Waals surface area contributed by atoms with Crippen LogP contribution in [0, 0.1) is 0 Å². The summed E-state index contributed by atoms with van der Waals surface area (Å²) in [7, 11) is 0. The van der Waals surface area contributed by atoms with Crippen molar-refractivity contribution in [2.75, 3.05) is 0 Å². The molecule has 0 bridgehead atoms. The number of furan rings is 3. The molecule has 19 rings (SSSR count). The van der Waals surface area contributed by atoms with Crippen LogP contribution < -0.4 is 0 Å². The average Bonchev–Trinajstić information content (AvgIpc) is 2.15. The van der Waals surface area contributed by atoms with Crippen molar-refractivity contribution >= 4 is 120 Å². The molecule has 416 valence electrons. The number of pyridine rings is 2. The van der Waals surface area contributed by atoms with Gasteiger partial charge in [-0.2, -0.15) is 0 Å². The van der Waals surface area contributed by atoms with Crippen LogP contribution in [0.2, 0.25) is 0 Å². The molecule has 0 saturated heterocycles. The molecule has 0 aliphatic carbocycles. The summed E-state index contributed by atoms with van der Waals surface area (Å²) >= 11 is 0. The second-order valence-corrected chi connectivity index (χ2v) is 22.5. The summed E-state index contributed by atoms with van der Waals surface area (Å²) in [6.45, 7) is 0.